The molecule has 1 aliphatic rings. The van der Waals surface area contributed by atoms with Crippen LogP contribution in [0.4, 0.5) is 5.82 Å². The topological polar surface area (TPSA) is 50.1 Å². The Hall–Kier alpha value is -1.95. The van der Waals surface area contributed by atoms with Crippen LogP contribution < -0.4 is 4.90 Å². The van der Waals surface area contributed by atoms with Gasteiger partial charge in [0.2, 0.25) is 0 Å². The lowest BCUT2D eigenvalue weighted by Gasteiger charge is -2.35. The number of anilines is 1. The van der Waals surface area contributed by atoms with E-state index >= 15 is 0 Å². The van der Waals surface area contributed by atoms with E-state index in [1.807, 2.05) is 13.2 Å². The Morgan fingerprint density at radius 2 is 2.00 bits per heavy atom. The largest absolute Gasteiger partial charge is 0.353 e. The minimum absolute atomic E-state index is 0.888. The zero-order valence-corrected chi connectivity index (χ0v) is 12.1. The monoisotopic (exact) mass is 272 g/mol. The first-order chi connectivity index (χ1) is 9.65. The third kappa shape index (κ3) is 2.38. The van der Waals surface area contributed by atoms with Gasteiger partial charge in [0.1, 0.15) is 12.1 Å². The molecule has 1 fully saturated rings. The smallest absolute Gasteiger partial charge is 0.163 e. The van der Waals surface area contributed by atoms with E-state index in [-0.39, 0.29) is 0 Å². The maximum atomic E-state index is 4.46. The third-order valence-electron chi connectivity index (χ3n) is 3.67. The van der Waals surface area contributed by atoms with Crippen molar-refractivity contribution in [2.75, 3.05) is 37.6 Å². The number of nitrogens with zero attached hydrogens (tertiary/aromatic N) is 6. The number of fused-ring (bicyclic) bond motifs is 1. The van der Waals surface area contributed by atoms with Gasteiger partial charge in [-0.3, -0.25) is 9.58 Å². The molecule has 6 nitrogen and oxygen atoms in total. The lowest BCUT2D eigenvalue weighted by Crippen LogP contribution is -2.47. The molecule has 0 radical (unpaired) electrons. The highest BCUT2D eigenvalue weighted by atomic mass is 15.3. The SMILES string of the molecule is C=C(C)CN1CCN(c2ncnc3c2cnn3C)CC1. The van der Waals surface area contributed by atoms with E-state index in [4.69, 9.17) is 0 Å². The predicted octanol–water partition coefficient (Wildman–Crippen LogP) is 1.06. The molecule has 1 aliphatic heterocycles. The second-order valence-electron chi connectivity index (χ2n) is 5.42. The summed E-state index contributed by atoms with van der Waals surface area (Å²) in [5.41, 5.74) is 2.11. The normalized spacial score (nSPS) is 16.8. The molecule has 0 unspecified atom stereocenters. The Kier molecular flexibility index (Phi) is 3.40. The zero-order chi connectivity index (χ0) is 14.1. The van der Waals surface area contributed by atoms with Crippen LogP contribution in [0.25, 0.3) is 11.0 Å². The van der Waals surface area contributed by atoms with E-state index in [1.54, 1.807) is 11.0 Å². The van der Waals surface area contributed by atoms with Crippen molar-refractivity contribution in [3.8, 4) is 0 Å². The van der Waals surface area contributed by atoms with Gasteiger partial charge >= 0.3 is 0 Å². The summed E-state index contributed by atoms with van der Waals surface area (Å²) in [6, 6.07) is 0. The van der Waals surface area contributed by atoms with Gasteiger partial charge in [0.25, 0.3) is 0 Å². The standard InChI is InChI=1S/C14H20N6/c1-11(2)9-19-4-6-20(7-5-19)14-12-8-17-18(3)13(12)15-10-16-14/h8,10H,1,4-7,9H2,2-3H3. The molecule has 3 rings (SSSR count). The van der Waals surface area contributed by atoms with Gasteiger partial charge in [-0.05, 0) is 6.92 Å². The minimum Gasteiger partial charge on any atom is -0.353 e. The summed E-state index contributed by atoms with van der Waals surface area (Å²) in [6.45, 7) is 11.1. The van der Waals surface area contributed by atoms with Gasteiger partial charge in [-0.1, -0.05) is 12.2 Å². The van der Waals surface area contributed by atoms with Crippen molar-refractivity contribution in [1.29, 1.82) is 0 Å². The fourth-order valence-electron chi connectivity index (χ4n) is 2.70. The van der Waals surface area contributed by atoms with Gasteiger partial charge in [-0.25, -0.2) is 9.97 Å². The molecule has 106 valence electrons. The first-order valence-corrected chi connectivity index (χ1v) is 6.89. The van der Waals surface area contributed by atoms with Crippen LogP contribution in [-0.4, -0.2) is 57.4 Å². The summed E-state index contributed by atoms with van der Waals surface area (Å²) in [6.07, 6.45) is 3.48. The molecular formula is C14H20N6. The molecule has 0 N–H and O–H groups in total. The molecule has 2 aromatic heterocycles. The maximum absolute atomic E-state index is 4.46. The summed E-state index contributed by atoms with van der Waals surface area (Å²) < 4.78 is 1.79. The summed E-state index contributed by atoms with van der Waals surface area (Å²) in [4.78, 5) is 13.5. The van der Waals surface area contributed by atoms with E-state index in [1.165, 1.54) is 5.57 Å². The first-order valence-electron chi connectivity index (χ1n) is 6.89. The Labute approximate surface area is 118 Å². The van der Waals surface area contributed by atoms with Crippen molar-refractivity contribution in [1.82, 2.24) is 24.6 Å². The van der Waals surface area contributed by atoms with Crippen molar-refractivity contribution in [3.05, 3.63) is 24.7 Å². The van der Waals surface area contributed by atoms with E-state index < -0.39 is 0 Å². The van der Waals surface area contributed by atoms with Crippen LogP contribution in [0.3, 0.4) is 0 Å². The second-order valence-corrected chi connectivity index (χ2v) is 5.42. The zero-order valence-electron chi connectivity index (χ0n) is 12.1. The van der Waals surface area contributed by atoms with Crippen molar-refractivity contribution >= 4 is 16.9 Å². The number of hydrogen-bond donors (Lipinski definition) is 0. The van der Waals surface area contributed by atoms with Crippen molar-refractivity contribution < 1.29 is 0 Å². The van der Waals surface area contributed by atoms with E-state index in [9.17, 15) is 0 Å². The van der Waals surface area contributed by atoms with Crippen molar-refractivity contribution in [2.24, 2.45) is 7.05 Å². The summed E-state index contributed by atoms with van der Waals surface area (Å²) >= 11 is 0. The summed E-state index contributed by atoms with van der Waals surface area (Å²) in [7, 11) is 1.91. The van der Waals surface area contributed by atoms with Gasteiger partial charge in [-0.2, -0.15) is 5.10 Å². The summed E-state index contributed by atoms with van der Waals surface area (Å²) in [5.74, 6) is 0.998. The molecule has 0 bridgehead atoms. The van der Waals surface area contributed by atoms with Gasteiger partial charge in [0.05, 0.1) is 11.6 Å². The highest BCUT2D eigenvalue weighted by Crippen LogP contribution is 2.23. The molecule has 0 aromatic carbocycles. The molecule has 2 aromatic rings. The third-order valence-corrected chi connectivity index (χ3v) is 3.67. The number of hydrogen-bond acceptors (Lipinski definition) is 5. The summed E-state index contributed by atoms with van der Waals surface area (Å²) in [5, 5.41) is 5.30. The fourth-order valence-corrected chi connectivity index (χ4v) is 2.70. The average molecular weight is 272 g/mol. The van der Waals surface area contributed by atoms with Gasteiger partial charge < -0.3 is 4.90 Å². The van der Waals surface area contributed by atoms with Gasteiger partial charge in [-0.15, -0.1) is 0 Å². The maximum Gasteiger partial charge on any atom is 0.163 e. The molecule has 6 heteroatoms. The molecule has 0 atom stereocenters. The van der Waals surface area contributed by atoms with E-state index in [0.717, 1.165) is 49.6 Å². The van der Waals surface area contributed by atoms with Gasteiger partial charge in [0, 0.05) is 39.8 Å². The molecule has 0 saturated carbocycles. The van der Waals surface area contributed by atoms with Crippen LogP contribution in [0, 0.1) is 0 Å². The molecule has 20 heavy (non-hydrogen) atoms. The Balaban J connectivity index is 1.78. The highest BCUT2D eigenvalue weighted by molar-refractivity contribution is 5.86. The fraction of sp³-hybridized carbons (Fsp3) is 0.500. The van der Waals surface area contributed by atoms with Crippen molar-refractivity contribution in [3.63, 3.8) is 0 Å². The predicted molar refractivity (Wildman–Crippen MR) is 79.8 cm³/mol. The van der Waals surface area contributed by atoms with E-state index in [0.29, 0.717) is 0 Å². The van der Waals surface area contributed by atoms with Crippen LogP contribution in [0.15, 0.2) is 24.7 Å². The highest BCUT2D eigenvalue weighted by Gasteiger charge is 2.20. The van der Waals surface area contributed by atoms with Crippen LogP contribution in [0.5, 0.6) is 0 Å². The molecule has 1 saturated heterocycles. The molecule has 0 spiro atoms. The molecule has 0 aliphatic carbocycles. The lowest BCUT2D eigenvalue weighted by atomic mass is 10.2. The van der Waals surface area contributed by atoms with Gasteiger partial charge in [0.15, 0.2) is 5.65 Å². The Bertz CT molecular complexity index is 624. The van der Waals surface area contributed by atoms with Crippen LogP contribution >= 0.6 is 0 Å². The quantitative estimate of drug-likeness (QED) is 0.782. The molecule has 0 amide bonds. The first kappa shape index (κ1) is 13.1. The number of aryl methyl sites for hydroxylation is 1. The number of piperazine rings is 1. The second kappa shape index (κ2) is 5.20. The van der Waals surface area contributed by atoms with Crippen molar-refractivity contribution in [2.45, 2.75) is 6.92 Å². The Morgan fingerprint density at radius 3 is 2.70 bits per heavy atom. The van der Waals surface area contributed by atoms with Crippen LogP contribution in [-0.2, 0) is 7.05 Å². The lowest BCUT2D eigenvalue weighted by molar-refractivity contribution is 0.278. The number of rotatable bonds is 3. The minimum atomic E-state index is 0.888. The Morgan fingerprint density at radius 1 is 1.25 bits per heavy atom. The van der Waals surface area contributed by atoms with Crippen LogP contribution in [0.1, 0.15) is 6.92 Å². The molecular weight excluding hydrogens is 252 g/mol. The van der Waals surface area contributed by atoms with Crippen LogP contribution in [0.2, 0.25) is 0 Å². The van der Waals surface area contributed by atoms with E-state index in [2.05, 4.69) is 38.4 Å². The average Bonchev–Trinajstić information content (AvgIpc) is 2.81. The number of aromatic nitrogens is 4. The molecule has 3 heterocycles.